The fraction of sp³-hybridized carbons (Fsp3) is 1.00. The summed E-state index contributed by atoms with van der Waals surface area (Å²) in [4.78, 5) is 0. The first-order valence-corrected chi connectivity index (χ1v) is 6.13. The highest BCUT2D eigenvalue weighted by Crippen LogP contribution is 1.85. The fourth-order valence-electron chi connectivity index (χ4n) is 0.914. The quantitative estimate of drug-likeness (QED) is 0.338. The van der Waals surface area contributed by atoms with Gasteiger partial charge in [-0.3, -0.25) is 3.53 Å². The zero-order chi connectivity index (χ0) is 10.5. The number of halogens is 1. The Morgan fingerprint density at radius 3 is 2.00 bits per heavy atom. The van der Waals surface area contributed by atoms with Crippen LogP contribution in [0.25, 0.3) is 0 Å². The highest BCUT2D eigenvalue weighted by Gasteiger charge is 1.90. The van der Waals surface area contributed by atoms with Gasteiger partial charge in [-0.15, -0.1) is 0 Å². The molecular formula is C9H21IN2O2. The number of hydrogen-bond donors (Lipinski definition) is 2. The predicted molar refractivity (Wildman–Crippen MR) is 66.8 cm³/mol. The first-order chi connectivity index (χ1) is 6.91. The van der Waals surface area contributed by atoms with E-state index in [1.807, 2.05) is 7.05 Å². The third-order valence-corrected chi connectivity index (χ3v) is 2.19. The van der Waals surface area contributed by atoms with Crippen molar-refractivity contribution in [2.24, 2.45) is 0 Å². The molecule has 0 aromatic carbocycles. The van der Waals surface area contributed by atoms with E-state index in [-0.39, 0.29) is 0 Å². The van der Waals surface area contributed by atoms with Crippen LogP contribution in [0.2, 0.25) is 0 Å². The Morgan fingerprint density at radius 1 is 0.929 bits per heavy atom. The zero-order valence-corrected chi connectivity index (χ0v) is 11.0. The normalized spacial score (nSPS) is 10.7. The Hall–Kier alpha value is 0.570. The lowest BCUT2D eigenvalue weighted by Gasteiger charge is -2.05. The summed E-state index contributed by atoms with van der Waals surface area (Å²) in [6.07, 6.45) is 2.12. The smallest absolute Gasteiger partial charge is 0.0700 e. The van der Waals surface area contributed by atoms with Gasteiger partial charge in [-0.05, 0) is 26.4 Å². The molecule has 0 unspecified atom stereocenters. The summed E-state index contributed by atoms with van der Waals surface area (Å²) in [5.74, 6) is 0. The van der Waals surface area contributed by atoms with E-state index in [1.165, 1.54) is 0 Å². The Kier molecular flexibility index (Phi) is 14.1. The Labute approximate surface area is 101 Å². The van der Waals surface area contributed by atoms with Gasteiger partial charge in [-0.2, -0.15) is 0 Å². The summed E-state index contributed by atoms with van der Waals surface area (Å²) >= 11 is 2.14. The van der Waals surface area contributed by atoms with E-state index in [0.29, 0.717) is 13.2 Å². The first kappa shape index (κ1) is 14.6. The molecule has 0 aliphatic heterocycles. The summed E-state index contributed by atoms with van der Waals surface area (Å²) in [5.41, 5.74) is 0. The van der Waals surface area contributed by atoms with E-state index in [4.69, 9.17) is 9.47 Å². The van der Waals surface area contributed by atoms with E-state index in [1.54, 1.807) is 0 Å². The van der Waals surface area contributed by atoms with Crippen molar-refractivity contribution in [2.75, 3.05) is 46.6 Å². The lowest BCUT2D eigenvalue weighted by molar-refractivity contribution is 0.0466. The van der Waals surface area contributed by atoms with Gasteiger partial charge in [0.05, 0.1) is 13.2 Å². The molecule has 0 aliphatic carbocycles. The Morgan fingerprint density at radius 2 is 1.50 bits per heavy atom. The molecule has 2 N–H and O–H groups in total. The van der Waals surface area contributed by atoms with Gasteiger partial charge in [0.15, 0.2) is 0 Å². The van der Waals surface area contributed by atoms with Gasteiger partial charge in [0.1, 0.15) is 0 Å². The highest BCUT2D eigenvalue weighted by atomic mass is 127. The van der Waals surface area contributed by atoms with Crippen LogP contribution in [0.15, 0.2) is 0 Å². The van der Waals surface area contributed by atoms with Crippen molar-refractivity contribution in [3.05, 3.63) is 0 Å². The predicted octanol–water partition coefficient (Wildman–Crippen LogP) is 0.959. The van der Waals surface area contributed by atoms with Crippen LogP contribution in [0.4, 0.5) is 0 Å². The molecule has 0 aliphatic rings. The second-order valence-electron chi connectivity index (χ2n) is 2.92. The van der Waals surface area contributed by atoms with Gasteiger partial charge in [-0.25, -0.2) is 0 Å². The minimum atomic E-state index is 0.709. The molecule has 0 fully saturated rings. The Balaban J connectivity index is 2.78. The van der Waals surface area contributed by atoms with Crippen LogP contribution in [0.3, 0.4) is 0 Å². The molecule has 0 atom stereocenters. The largest absolute Gasteiger partial charge is 0.379 e. The molecule has 0 amide bonds. The maximum Gasteiger partial charge on any atom is 0.0700 e. The topological polar surface area (TPSA) is 42.5 Å². The summed E-state index contributed by atoms with van der Waals surface area (Å²) in [6, 6.07) is 0. The maximum atomic E-state index is 5.36. The van der Waals surface area contributed by atoms with E-state index in [9.17, 15) is 0 Å². The van der Waals surface area contributed by atoms with E-state index in [2.05, 4.69) is 31.7 Å². The molecule has 4 nitrogen and oxygen atoms in total. The van der Waals surface area contributed by atoms with Gasteiger partial charge in [0.25, 0.3) is 0 Å². The molecule has 0 aromatic rings. The second kappa shape index (κ2) is 13.6. The molecule has 0 rings (SSSR count). The van der Waals surface area contributed by atoms with Crippen LogP contribution in [-0.2, 0) is 9.47 Å². The number of nitrogens with one attached hydrogen (secondary N) is 2. The summed E-state index contributed by atoms with van der Waals surface area (Å²) in [7, 11) is 1.95. The summed E-state index contributed by atoms with van der Waals surface area (Å²) in [6.45, 7) is 5.07. The van der Waals surface area contributed by atoms with Crippen molar-refractivity contribution in [1.82, 2.24) is 8.85 Å². The van der Waals surface area contributed by atoms with Crippen LogP contribution in [0.1, 0.15) is 12.8 Å². The molecule has 86 valence electrons. The molecule has 0 heterocycles. The van der Waals surface area contributed by atoms with Crippen molar-refractivity contribution in [3.63, 3.8) is 0 Å². The van der Waals surface area contributed by atoms with E-state index < -0.39 is 0 Å². The third-order valence-electron chi connectivity index (χ3n) is 1.65. The molecule has 0 bridgehead atoms. The van der Waals surface area contributed by atoms with Crippen LogP contribution in [-0.4, -0.2) is 46.6 Å². The standard InChI is InChI=1S/C9H21IN2O2/c1-11-4-2-6-13-8-9-14-7-3-5-12-10/h11-12H,2-9H2,1H3. The zero-order valence-electron chi connectivity index (χ0n) is 8.85. The van der Waals surface area contributed by atoms with Crippen molar-refractivity contribution >= 4 is 22.9 Å². The van der Waals surface area contributed by atoms with Crippen molar-refractivity contribution in [3.8, 4) is 0 Å². The number of ether oxygens (including phenoxy) is 2. The van der Waals surface area contributed by atoms with E-state index in [0.717, 1.165) is 39.1 Å². The van der Waals surface area contributed by atoms with Gasteiger partial charge in [-0.1, -0.05) is 0 Å². The monoisotopic (exact) mass is 316 g/mol. The molecule has 0 saturated heterocycles. The molecule has 14 heavy (non-hydrogen) atoms. The summed E-state index contributed by atoms with van der Waals surface area (Å²) < 4.78 is 13.8. The molecule has 5 heteroatoms. The molecule has 0 spiro atoms. The third kappa shape index (κ3) is 12.6. The lowest BCUT2D eigenvalue weighted by Crippen LogP contribution is -2.13. The second-order valence-corrected chi connectivity index (χ2v) is 3.68. The molecular weight excluding hydrogens is 295 g/mol. The minimum absolute atomic E-state index is 0.709. The minimum Gasteiger partial charge on any atom is -0.379 e. The SMILES string of the molecule is CNCCCOCCOCCCNI. The van der Waals surface area contributed by atoms with Crippen LogP contribution in [0, 0.1) is 0 Å². The van der Waals surface area contributed by atoms with E-state index >= 15 is 0 Å². The fourth-order valence-corrected chi connectivity index (χ4v) is 1.30. The van der Waals surface area contributed by atoms with Gasteiger partial charge in [0.2, 0.25) is 0 Å². The van der Waals surface area contributed by atoms with Crippen molar-refractivity contribution < 1.29 is 9.47 Å². The highest BCUT2D eigenvalue weighted by molar-refractivity contribution is 14.1. The molecule has 0 radical (unpaired) electrons. The van der Waals surface area contributed by atoms with Gasteiger partial charge >= 0.3 is 0 Å². The Bertz CT molecular complexity index is 94.8. The summed E-state index contributed by atoms with van der Waals surface area (Å²) in [5, 5.41) is 3.07. The van der Waals surface area contributed by atoms with Gasteiger partial charge < -0.3 is 14.8 Å². The maximum absolute atomic E-state index is 5.36. The lowest BCUT2D eigenvalue weighted by atomic mass is 10.4. The van der Waals surface area contributed by atoms with Crippen molar-refractivity contribution in [1.29, 1.82) is 0 Å². The number of hydrogen-bond acceptors (Lipinski definition) is 4. The van der Waals surface area contributed by atoms with Crippen LogP contribution in [0.5, 0.6) is 0 Å². The van der Waals surface area contributed by atoms with Crippen LogP contribution < -0.4 is 8.85 Å². The first-order valence-electron chi connectivity index (χ1n) is 5.05. The molecule has 0 saturated carbocycles. The van der Waals surface area contributed by atoms with Crippen molar-refractivity contribution in [2.45, 2.75) is 12.8 Å². The van der Waals surface area contributed by atoms with Gasteiger partial charge in [0, 0.05) is 42.6 Å². The average Bonchev–Trinajstić information content (AvgIpc) is 2.21. The van der Waals surface area contributed by atoms with Crippen LogP contribution >= 0.6 is 22.9 Å². The number of rotatable bonds is 11. The molecule has 0 aromatic heterocycles. The average molecular weight is 316 g/mol.